The molecule has 0 aliphatic carbocycles. The third-order valence-corrected chi connectivity index (χ3v) is 7.01. The largest absolute Gasteiger partial charge is 0.497 e. The van der Waals surface area contributed by atoms with Gasteiger partial charge < -0.3 is 10.1 Å². The van der Waals surface area contributed by atoms with E-state index in [9.17, 15) is 17.6 Å². The van der Waals surface area contributed by atoms with Crippen LogP contribution in [0.1, 0.15) is 5.69 Å². The minimum absolute atomic E-state index is 0.00906. The maximum atomic E-state index is 14.0. The number of para-hydroxylation sites is 1. The number of halogens is 1. The molecule has 0 aliphatic rings. The van der Waals surface area contributed by atoms with Crippen LogP contribution in [0, 0.1) is 12.7 Å². The Hall–Kier alpha value is -3.31. The highest BCUT2D eigenvalue weighted by molar-refractivity contribution is 7.92. The van der Waals surface area contributed by atoms with E-state index < -0.39 is 27.3 Å². The summed E-state index contributed by atoms with van der Waals surface area (Å²) >= 11 is 1.20. The lowest BCUT2D eigenvalue weighted by molar-refractivity contribution is -0.113. The summed E-state index contributed by atoms with van der Waals surface area (Å²) in [7, 11) is -2.39. The van der Waals surface area contributed by atoms with Gasteiger partial charge in [0.15, 0.2) is 9.84 Å². The van der Waals surface area contributed by atoms with Gasteiger partial charge in [-0.3, -0.25) is 4.79 Å². The van der Waals surface area contributed by atoms with E-state index in [0.29, 0.717) is 21.3 Å². The Kier molecular flexibility index (Phi) is 5.46. The zero-order chi connectivity index (χ0) is 22.2. The van der Waals surface area contributed by atoms with Crippen LogP contribution in [0.4, 0.5) is 10.2 Å². The molecule has 160 valence electrons. The smallest absolute Gasteiger partial charge is 0.241 e. The van der Waals surface area contributed by atoms with Crippen molar-refractivity contribution in [2.24, 2.45) is 0 Å². The third-order valence-electron chi connectivity index (χ3n) is 4.38. The first-order chi connectivity index (χ1) is 14.8. The van der Waals surface area contributed by atoms with Gasteiger partial charge in [0.1, 0.15) is 28.7 Å². The van der Waals surface area contributed by atoms with Crippen molar-refractivity contribution in [2.75, 3.05) is 18.2 Å². The number of aryl methyl sites for hydroxylation is 1. The summed E-state index contributed by atoms with van der Waals surface area (Å²) in [5.41, 5.74) is 0.781. The number of amides is 1. The van der Waals surface area contributed by atoms with Gasteiger partial charge >= 0.3 is 0 Å². The molecule has 11 heteroatoms. The summed E-state index contributed by atoms with van der Waals surface area (Å²) in [5.74, 6) is -1.19. The lowest BCUT2D eigenvalue weighted by Crippen LogP contribution is -2.24. The topological polar surface area (TPSA) is 103 Å². The van der Waals surface area contributed by atoms with E-state index in [2.05, 4.69) is 15.4 Å². The maximum absolute atomic E-state index is 14.0. The summed E-state index contributed by atoms with van der Waals surface area (Å²) in [5, 5.41) is 7.21. The SMILES string of the molecule is COc1ccc(S(=O)(=O)CC(=O)Nc2cc(C)nn2-c2nc3c(F)cccc3s2)cc1. The van der Waals surface area contributed by atoms with Crippen molar-refractivity contribution in [1.82, 2.24) is 14.8 Å². The van der Waals surface area contributed by atoms with E-state index in [1.165, 1.54) is 53.5 Å². The van der Waals surface area contributed by atoms with Gasteiger partial charge in [0.25, 0.3) is 0 Å². The number of carbonyl (C=O) groups excluding carboxylic acids is 1. The highest BCUT2D eigenvalue weighted by Gasteiger charge is 2.22. The molecule has 0 radical (unpaired) electrons. The number of sulfone groups is 1. The molecule has 0 saturated heterocycles. The van der Waals surface area contributed by atoms with Gasteiger partial charge in [-0.25, -0.2) is 17.8 Å². The molecular formula is C20H17FN4O4S2. The van der Waals surface area contributed by atoms with E-state index in [1.807, 2.05) is 0 Å². The molecule has 0 saturated carbocycles. The summed E-state index contributed by atoms with van der Waals surface area (Å²) < 4.78 is 46.1. The van der Waals surface area contributed by atoms with Gasteiger partial charge in [0.2, 0.25) is 11.0 Å². The van der Waals surface area contributed by atoms with Crippen LogP contribution < -0.4 is 10.1 Å². The number of nitrogens with one attached hydrogen (secondary N) is 1. The van der Waals surface area contributed by atoms with E-state index in [4.69, 9.17) is 4.74 Å². The molecule has 2 aromatic carbocycles. The predicted molar refractivity (Wildman–Crippen MR) is 115 cm³/mol. The number of fused-ring (bicyclic) bond motifs is 1. The van der Waals surface area contributed by atoms with Gasteiger partial charge in [-0.1, -0.05) is 17.4 Å². The standard InChI is InChI=1S/C20H17FN4O4S2/c1-12-10-17(25(24-12)20-23-19-15(21)4-3-5-16(19)30-20)22-18(26)11-31(27,28)14-8-6-13(29-2)7-9-14/h3-10H,11H2,1-2H3,(H,22,26). The Balaban J connectivity index is 1.58. The lowest BCUT2D eigenvalue weighted by Gasteiger charge is -2.08. The van der Waals surface area contributed by atoms with Crippen molar-refractivity contribution in [3.8, 4) is 10.9 Å². The van der Waals surface area contributed by atoms with Crippen molar-refractivity contribution in [2.45, 2.75) is 11.8 Å². The molecule has 4 rings (SSSR count). The first-order valence-corrected chi connectivity index (χ1v) is 11.5. The first kappa shape index (κ1) is 20.9. The van der Waals surface area contributed by atoms with Crippen LogP contribution in [0.3, 0.4) is 0 Å². The number of benzene rings is 2. The molecule has 2 heterocycles. The minimum Gasteiger partial charge on any atom is -0.497 e. The Morgan fingerprint density at radius 3 is 2.65 bits per heavy atom. The van der Waals surface area contributed by atoms with E-state index in [-0.39, 0.29) is 16.2 Å². The maximum Gasteiger partial charge on any atom is 0.241 e. The molecule has 2 aromatic heterocycles. The van der Waals surface area contributed by atoms with Crippen molar-refractivity contribution in [3.05, 3.63) is 60.0 Å². The van der Waals surface area contributed by atoms with Gasteiger partial charge in [-0.15, -0.1) is 0 Å². The number of carbonyl (C=O) groups is 1. The molecule has 4 aromatic rings. The second kappa shape index (κ2) is 8.08. The van der Waals surface area contributed by atoms with Crippen LogP contribution in [0.5, 0.6) is 5.75 Å². The predicted octanol–water partition coefficient (Wildman–Crippen LogP) is 3.35. The summed E-state index contributed by atoms with van der Waals surface area (Å²) in [6.45, 7) is 1.72. The molecule has 0 aliphatic heterocycles. The monoisotopic (exact) mass is 460 g/mol. The first-order valence-electron chi connectivity index (χ1n) is 9.05. The summed E-state index contributed by atoms with van der Waals surface area (Å²) in [6, 6.07) is 12.0. The van der Waals surface area contributed by atoms with Gasteiger partial charge in [-0.2, -0.15) is 9.78 Å². The molecule has 31 heavy (non-hydrogen) atoms. The molecular weight excluding hydrogens is 443 g/mol. The highest BCUT2D eigenvalue weighted by Crippen LogP contribution is 2.28. The second-order valence-corrected chi connectivity index (χ2v) is 9.65. The van der Waals surface area contributed by atoms with Crippen LogP contribution >= 0.6 is 11.3 Å². The average molecular weight is 461 g/mol. The van der Waals surface area contributed by atoms with E-state index in [0.717, 1.165) is 0 Å². The normalized spacial score (nSPS) is 11.6. The molecule has 8 nitrogen and oxygen atoms in total. The van der Waals surface area contributed by atoms with E-state index >= 15 is 0 Å². The quantitative estimate of drug-likeness (QED) is 0.473. The van der Waals surface area contributed by atoms with Crippen LogP contribution in [0.2, 0.25) is 0 Å². The fourth-order valence-electron chi connectivity index (χ4n) is 2.95. The molecule has 0 atom stereocenters. The Morgan fingerprint density at radius 1 is 1.23 bits per heavy atom. The van der Waals surface area contributed by atoms with Crippen molar-refractivity contribution in [1.29, 1.82) is 0 Å². The highest BCUT2D eigenvalue weighted by atomic mass is 32.2. The number of rotatable bonds is 6. The fourth-order valence-corrected chi connectivity index (χ4v) is 5.03. The lowest BCUT2D eigenvalue weighted by atomic mass is 10.3. The zero-order valence-corrected chi connectivity index (χ0v) is 18.1. The number of nitrogens with zero attached hydrogens (tertiary/aromatic N) is 3. The zero-order valence-electron chi connectivity index (χ0n) is 16.5. The number of ether oxygens (including phenoxy) is 1. The molecule has 0 bridgehead atoms. The number of anilines is 1. The van der Waals surface area contributed by atoms with Crippen LogP contribution in [-0.4, -0.2) is 42.0 Å². The Morgan fingerprint density at radius 2 is 1.97 bits per heavy atom. The number of hydrogen-bond acceptors (Lipinski definition) is 7. The molecule has 0 unspecified atom stereocenters. The average Bonchev–Trinajstić information content (AvgIpc) is 3.31. The number of aromatic nitrogens is 3. The minimum atomic E-state index is -3.86. The number of methoxy groups -OCH3 is 1. The third kappa shape index (κ3) is 4.28. The van der Waals surface area contributed by atoms with E-state index in [1.54, 1.807) is 25.1 Å². The Bertz CT molecular complexity index is 1380. The van der Waals surface area contributed by atoms with Crippen LogP contribution in [-0.2, 0) is 14.6 Å². The summed E-state index contributed by atoms with van der Waals surface area (Å²) in [6.07, 6.45) is 0. The number of hydrogen-bond donors (Lipinski definition) is 1. The fraction of sp³-hybridized carbons (Fsp3) is 0.150. The molecule has 0 spiro atoms. The molecule has 1 amide bonds. The van der Waals surface area contributed by atoms with Crippen molar-refractivity contribution >= 4 is 43.1 Å². The van der Waals surface area contributed by atoms with Gasteiger partial charge in [0, 0.05) is 6.07 Å². The second-order valence-electron chi connectivity index (χ2n) is 6.65. The van der Waals surface area contributed by atoms with Crippen LogP contribution in [0.15, 0.2) is 53.4 Å². The van der Waals surface area contributed by atoms with Gasteiger partial charge in [0.05, 0.1) is 22.4 Å². The van der Waals surface area contributed by atoms with Crippen molar-refractivity contribution in [3.63, 3.8) is 0 Å². The summed E-state index contributed by atoms with van der Waals surface area (Å²) in [4.78, 5) is 16.8. The van der Waals surface area contributed by atoms with Crippen molar-refractivity contribution < 1.29 is 22.3 Å². The molecule has 0 fully saturated rings. The molecule has 1 N–H and O–H groups in total. The number of thiazole rings is 1. The van der Waals surface area contributed by atoms with Gasteiger partial charge in [-0.05, 0) is 43.3 Å². The van der Waals surface area contributed by atoms with Crippen LogP contribution in [0.25, 0.3) is 15.3 Å². The Labute approximate surface area is 181 Å².